The van der Waals surface area contributed by atoms with Crippen molar-refractivity contribution >= 4 is 11.7 Å². The fourth-order valence-corrected chi connectivity index (χ4v) is 4.33. The number of hydrazone groups is 1. The van der Waals surface area contributed by atoms with Gasteiger partial charge in [0.05, 0.1) is 14.2 Å². The third-order valence-corrected chi connectivity index (χ3v) is 5.51. The second-order valence-electron chi connectivity index (χ2n) is 7.78. The van der Waals surface area contributed by atoms with Gasteiger partial charge in [-0.25, -0.2) is 10.2 Å². The molecule has 2 heterocycles. The van der Waals surface area contributed by atoms with Gasteiger partial charge < -0.3 is 15.2 Å². The van der Waals surface area contributed by atoms with E-state index in [1.54, 1.807) is 14.2 Å². The Hall–Kier alpha value is -2.28. The van der Waals surface area contributed by atoms with Crippen LogP contribution >= 0.6 is 0 Å². The summed E-state index contributed by atoms with van der Waals surface area (Å²) in [4.78, 5) is 13.7. The third-order valence-electron chi connectivity index (χ3n) is 5.51. The van der Waals surface area contributed by atoms with Gasteiger partial charge in [0.1, 0.15) is 0 Å². The van der Waals surface area contributed by atoms with Crippen molar-refractivity contribution in [3.63, 3.8) is 0 Å². The first-order valence-corrected chi connectivity index (χ1v) is 9.53. The van der Waals surface area contributed by atoms with Crippen LogP contribution < -0.4 is 20.6 Å². The monoisotopic (exact) mass is 374 g/mol. The van der Waals surface area contributed by atoms with Crippen LogP contribution in [-0.2, 0) is 6.42 Å². The summed E-state index contributed by atoms with van der Waals surface area (Å²) in [6, 6.07) is 3.78. The minimum atomic E-state index is -0.622. The summed E-state index contributed by atoms with van der Waals surface area (Å²) in [5, 5.41) is 4.37. The molecule has 0 radical (unpaired) electrons. The number of piperidine rings is 1. The lowest BCUT2D eigenvalue weighted by Gasteiger charge is -2.44. The number of rotatable bonds is 5. The number of nitrogens with zero attached hydrogens (tertiary/aromatic N) is 2. The van der Waals surface area contributed by atoms with Gasteiger partial charge in [0.15, 0.2) is 11.5 Å². The number of fused-ring (bicyclic) bond motifs is 3. The van der Waals surface area contributed by atoms with Crippen molar-refractivity contribution in [3.05, 3.63) is 23.3 Å². The van der Waals surface area contributed by atoms with Crippen LogP contribution in [0.5, 0.6) is 11.5 Å². The Kier molecular flexibility index (Phi) is 5.89. The largest absolute Gasteiger partial charge is 0.493 e. The van der Waals surface area contributed by atoms with Gasteiger partial charge in [0, 0.05) is 37.2 Å². The Labute approximate surface area is 160 Å². The predicted molar refractivity (Wildman–Crippen MR) is 105 cm³/mol. The SMILES string of the molecule is COc1cc2c(cc1OC)C1CC(=NNC(N)=O)C(CC(C)C)CN1CC2. The number of nitrogens with one attached hydrogen (secondary N) is 1. The number of carbonyl (C=O) groups excluding carboxylic acids is 1. The quantitative estimate of drug-likeness (QED) is 0.776. The van der Waals surface area contributed by atoms with Crippen molar-refractivity contribution in [3.8, 4) is 11.5 Å². The van der Waals surface area contributed by atoms with Crippen molar-refractivity contribution in [2.24, 2.45) is 22.7 Å². The molecule has 0 saturated carbocycles. The van der Waals surface area contributed by atoms with Crippen molar-refractivity contribution < 1.29 is 14.3 Å². The molecule has 2 unspecified atom stereocenters. The van der Waals surface area contributed by atoms with Crippen LogP contribution in [0, 0.1) is 11.8 Å². The average molecular weight is 374 g/mol. The number of hydrogen-bond acceptors (Lipinski definition) is 5. The Morgan fingerprint density at radius 1 is 1.33 bits per heavy atom. The minimum Gasteiger partial charge on any atom is -0.493 e. The first-order valence-electron chi connectivity index (χ1n) is 9.53. The molecule has 1 saturated heterocycles. The maximum absolute atomic E-state index is 11.2. The summed E-state index contributed by atoms with van der Waals surface area (Å²) in [5.74, 6) is 2.40. The molecule has 0 bridgehead atoms. The molecule has 7 nitrogen and oxygen atoms in total. The summed E-state index contributed by atoms with van der Waals surface area (Å²) in [6.45, 7) is 6.38. The molecule has 1 fully saturated rings. The van der Waals surface area contributed by atoms with Crippen molar-refractivity contribution in [2.45, 2.75) is 39.2 Å². The minimum absolute atomic E-state index is 0.227. The molecule has 0 aliphatic carbocycles. The van der Waals surface area contributed by atoms with E-state index in [-0.39, 0.29) is 6.04 Å². The number of nitrogens with two attached hydrogens (primary N) is 1. The maximum atomic E-state index is 11.2. The van der Waals surface area contributed by atoms with E-state index < -0.39 is 6.03 Å². The zero-order valence-corrected chi connectivity index (χ0v) is 16.6. The molecule has 0 aromatic heterocycles. The highest BCUT2D eigenvalue weighted by molar-refractivity contribution is 5.89. The molecule has 2 aliphatic heterocycles. The van der Waals surface area contributed by atoms with E-state index in [1.165, 1.54) is 11.1 Å². The number of ether oxygens (including phenoxy) is 2. The topological polar surface area (TPSA) is 89.2 Å². The number of primary amides is 1. The number of methoxy groups -OCH3 is 2. The molecule has 2 aliphatic rings. The summed E-state index contributed by atoms with van der Waals surface area (Å²) in [6.07, 6.45) is 2.81. The van der Waals surface area contributed by atoms with Crippen LogP contribution in [0.1, 0.15) is 43.9 Å². The van der Waals surface area contributed by atoms with Gasteiger partial charge in [-0.3, -0.25) is 4.90 Å². The van der Waals surface area contributed by atoms with Crippen molar-refractivity contribution in [1.82, 2.24) is 10.3 Å². The normalized spacial score (nSPS) is 23.7. The molecule has 2 amide bonds. The fraction of sp³-hybridized carbons (Fsp3) is 0.600. The zero-order valence-electron chi connectivity index (χ0n) is 16.6. The van der Waals surface area contributed by atoms with Crippen LogP contribution in [0.2, 0.25) is 0 Å². The van der Waals surface area contributed by atoms with Gasteiger partial charge in [0.2, 0.25) is 0 Å². The lowest BCUT2D eigenvalue weighted by atomic mass is 9.79. The Morgan fingerprint density at radius 3 is 2.67 bits per heavy atom. The number of benzene rings is 1. The molecule has 3 N–H and O–H groups in total. The smallest absolute Gasteiger partial charge is 0.332 e. The molecule has 0 spiro atoms. The molecule has 27 heavy (non-hydrogen) atoms. The predicted octanol–water partition coefficient (Wildman–Crippen LogP) is 2.69. The van der Waals surface area contributed by atoms with Crippen molar-refractivity contribution in [2.75, 3.05) is 27.3 Å². The van der Waals surface area contributed by atoms with E-state index >= 15 is 0 Å². The Bertz CT molecular complexity index is 732. The van der Waals surface area contributed by atoms with E-state index in [2.05, 4.69) is 41.4 Å². The molecule has 1 aromatic rings. The summed E-state index contributed by atoms with van der Waals surface area (Å²) < 4.78 is 11.0. The number of amides is 2. The molecule has 1 aromatic carbocycles. The van der Waals surface area contributed by atoms with Gasteiger partial charge in [0.25, 0.3) is 0 Å². The molecule has 2 atom stereocenters. The van der Waals surface area contributed by atoms with Crippen LogP contribution in [0.4, 0.5) is 4.79 Å². The molecule has 148 valence electrons. The highest BCUT2D eigenvalue weighted by Crippen LogP contribution is 2.42. The average Bonchev–Trinajstić information content (AvgIpc) is 2.64. The third kappa shape index (κ3) is 4.18. The maximum Gasteiger partial charge on any atom is 0.332 e. The lowest BCUT2D eigenvalue weighted by Crippen LogP contribution is -2.47. The standard InChI is InChI=1S/C20H30N4O3/c1-12(2)7-14-11-24-6-5-13-8-18(26-3)19(27-4)9-15(13)17(24)10-16(14)22-23-20(21)25/h8-9,12,14,17H,5-7,10-11H2,1-4H3,(H3,21,23,25). The first-order chi connectivity index (χ1) is 12.9. The number of hydrogen-bond donors (Lipinski definition) is 2. The van der Waals surface area contributed by atoms with E-state index in [4.69, 9.17) is 15.2 Å². The molecule has 3 rings (SSSR count). The van der Waals surface area contributed by atoms with E-state index in [0.29, 0.717) is 11.8 Å². The zero-order chi connectivity index (χ0) is 19.6. The van der Waals surface area contributed by atoms with Crippen LogP contribution in [0.25, 0.3) is 0 Å². The molecular weight excluding hydrogens is 344 g/mol. The fourth-order valence-electron chi connectivity index (χ4n) is 4.33. The highest BCUT2D eigenvalue weighted by Gasteiger charge is 2.37. The Morgan fingerprint density at radius 2 is 2.04 bits per heavy atom. The van der Waals surface area contributed by atoms with Gasteiger partial charge >= 0.3 is 6.03 Å². The van der Waals surface area contributed by atoms with Gasteiger partial charge in [-0.2, -0.15) is 5.10 Å². The van der Waals surface area contributed by atoms with Crippen LogP contribution in [0.3, 0.4) is 0 Å². The van der Waals surface area contributed by atoms with Gasteiger partial charge in [-0.05, 0) is 42.0 Å². The summed E-state index contributed by atoms with van der Waals surface area (Å²) in [5.41, 5.74) is 11.2. The number of urea groups is 1. The molecule has 7 heteroatoms. The second-order valence-corrected chi connectivity index (χ2v) is 7.78. The summed E-state index contributed by atoms with van der Waals surface area (Å²) in [7, 11) is 3.32. The second kappa shape index (κ2) is 8.17. The lowest BCUT2D eigenvalue weighted by molar-refractivity contribution is 0.147. The van der Waals surface area contributed by atoms with Gasteiger partial charge in [-0.1, -0.05) is 13.8 Å². The van der Waals surface area contributed by atoms with Crippen molar-refractivity contribution in [1.29, 1.82) is 0 Å². The van der Waals surface area contributed by atoms with Crippen LogP contribution in [0.15, 0.2) is 17.2 Å². The van der Waals surface area contributed by atoms with Crippen LogP contribution in [-0.4, -0.2) is 44.0 Å². The first kappa shape index (κ1) is 19.5. The van der Waals surface area contributed by atoms with E-state index in [1.807, 2.05) is 0 Å². The highest BCUT2D eigenvalue weighted by atomic mass is 16.5. The summed E-state index contributed by atoms with van der Waals surface area (Å²) >= 11 is 0. The van der Waals surface area contributed by atoms with E-state index in [9.17, 15) is 4.79 Å². The van der Waals surface area contributed by atoms with E-state index in [0.717, 1.165) is 49.6 Å². The Balaban J connectivity index is 1.93. The van der Waals surface area contributed by atoms with Gasteiger partial charge in [-0.15, -0.1) is 0 Å². The molecular formula is C20H30N4O3. The number of carbonyl (C=O) groups is 1.